The predicted molar refractivity (Wildman–Crippen MR) is 131 cm³/mol. The first kappa shape index (κ1) is 23.1. The number of aromatic nitrogens is 2. The van der Waals surface area contributed by atoms with Gasteiger partial charge in [-0.2, -0.15) is 5.10 Å². The van der Waals surface area contributed by atoms with Crippen molar-refractivity contribution in [3.63, 3.8) is 0 Å². The third-order valence-electron chi connectivity index (χ3n) is 6.00. The monoisotopic (exact) mass is 500 g/mol. The zero-order valence-electron chi connectivity index (χ0n) is 18.4. The van der Waals surface area contributed by atoms with Gasteiger partial charge in [0.05, 0.1) is 29.6 Å². The summed E-state index contributed by atoms with van der Waals surface area (Å²) in [5.41, 5.74) is 7.57. The Morgan fingerprint density at radius 1 is 1.09 bits per heavy atom. The van der Waals surface area contributed by atoms with Crippen molar-refractivity contribution < 1.29 is 13.9 Å². The normalized spacial score (nSPS) is 17.6. The van der Waals surface area contributed by atoms with Crippen molar-refractivity contribution in [1.82, 2.24) is 20.2 Å². The van der Waals surface area contributed by atoms with Crippen molar-refractivity contribution in [3.05, 3.63) is 80.8 Å². The van der Waals surface area contributed by atoms with Gasteiger partial charge in [-0.15, -0.1) is 0 Å². The minimum absolute atomic E-state index is 0.259. The Hall–Kier alpha value is -2.71. The number of amides is 1. The summed E-state index contributed by atoms with van der Waals surface area (Å²) in [5.74, 6) is -0.545. The van der Waals surface area contributed by atoms with Crippen LogP contribution in [0.25, 0.3) is 17.3 Å². The quantitative estimate of drug-likeness (QED) is 0.536. The van der Waals surface area contributed by atoms with E-state index in [2.05, 4.69) is 5.43 Å². The molecule has 1 saturated heterocycles. The maximum absolute atomic E-state index is 13.4. The third kappa shape index (κ3) is 4.74. The Bertz CT molecular complexity index is 1250. The fourth-order valence-corrected chi connectivity index (χ4v) is 4.86. The van der Waals surface area contributed by atoms with Gasteiger partial charge in [-0.05, 0) is 66.8 Å². The van der Waals surface area contributed by atoms with E-state index in [1.54, 1.807) is 35.0 Å². The topological polar surface area (TPSA) is 59.4 Å². The minimum atomic E-state index is -0.286. The predicted octanol–water partition coefficient (Wildman–Crippen LogP) is 5.17. The van der Waals surface area contributed by atoms with Crippen molar-refractivity contribution in [2.75, 3.05) is 26.3 Å². The maximum Gasteiger partial charge on any atom is 0.286 e. The second-order valence-corrected chi connectivity index (χ2v) is 9.14. The van der Waals surface area contributed by atoms with Crippen LogP contribution in [0.3, 0.4) is 0 Å². The van der Waals surface area contributed by atoms with Gasteiger partial charge in [0.25, 0.3) is 5.91 Å². The van der Waals surface area contributed by atoms with Crippen LogP contribution in [-0.2, 0) is 11.2 Å². The van der Waals surface area contributed by atoms with Crippen LogP contribution in [0.5, 0.6) is 0 Å². The molecule has 0 bridgehead atoms. The van der Waals surface area contributed by atoms with Gasteiger partial charge in [-0.25, -0.2) is 14.1 Å². The van der Waals surface area contributed by atoms with Crippen molar-refractivity contribution >= 4 is 40.8 Å². The molecule has 5 rings (SSSR count). The average molecular weight is 501 g/mol. The highest BCUT2D eigenvalue weighted by Gasteiger charge is 2.30. The second-order valence-electron chi connectivity index (χ2n) is 8.30. The van der Waals surface area contributed by atoms with E-state index in [1.807, 2.05) is 11.1 Å². The molecule has 2 aromatic carbocycles. The summed E-state index contributed by atoms with van der Waals surface area (Å²) in [6, 6.07) is 11.5. The van der Waals surface area contributed by atoms with Crippen molar-refractivity contribution in [2.45, 2.75) is 19.3 Å². The number of morpholine rings is 1. The molecule has 1 aliphatic carbocycles. The molecule has 1 aliphatic heterocycles. The van der Waals surface area contributed by atoms with E-state index in [0.29, 0.717) is 54.2 Å². The Morgan fingerprint density at radius 2 is 1.85 bits per heavy atom. The maximum atomic E-state index is 13.4. The van der Waals surface area contributed by atoms with E-state index in [0.717, 1.165) is 35.2 Å². The summed E-state index contributed by atoms with van der Waals surface area (Å²) in [6.45, 7) is 2.37. The first-order valence-electron chi connectivity index (χ1n) is 11.2. The summed E-state index contributed by atoms with van der Waals surface area (Å²) < 4.78 is 20.5. The fraction of sp³-hybridized carbons (Fsp3) is 0.280. The zero-order valence-corrected chi connectivity index (χ0v) is 19.9. The molecule has 9 heteroatoms. The molecule has 2 heterocycles. The largest absolute Gasteiger partial charge is 0.379 e. The second kappa shape index (κ2) is 9.88. The van der Waals surface area contributed by atoms with Crippen LogP contribution in [0, 0.1) is 5.82 Å². The Morgan fingerprint density at radius 3 is 2.59 bits per heavy atom. The number of hydrogen-bond acceptors (Lipinski definition) is 4. The van der Waals surface area contributed by atoms with Gasteiger partial charge >= 0.3 is 0 Å². The minimum Gasteiger partial charge on any atom is -0.379 e. The first-order chi connectivity index (χ1) is 16.5. The van der Waals surface area contributed by atoms with Crippen molar-refractivity contribution in [2.24, 2.45) is 0 Å². The number of benzene rings is 2. The van der Waals surface area contributed by atoms with Crippen LogP contribution in [-0.4, -0.2) is 47.0 Å². The number of ether oxygens (including phenoxy) is 1. The molecule has 1 N–H and O–H groups in total. The standard InChI is InChI=1S/C25H23Cl2FN4O2/c26-18-6-9-22(21(27)15-18)32-24-17(14-16-4-7-19(28)8-5-16)2-1-3-20(24)23(29-32)25(33)30-31-10-12-34-13-11-31/h4-9,14-15H,1-3,10-13H2,(H,30,33). The summed E-state index contributed by atoms with van der Waals surface area (Å²) in [6.07, 6.45) is 4.40. The van der Waals surface area contributed by atoms with Crippen LogP contribution in [0.2, 0.25) is 10.0 Å². The number of hydrazine groups is 1. The van der Waals surface area contributed by atoms with E-state index < -0.39 is 0 Å². The first-order valence-corrected chi connectivity index (χ1v) is 11.9. The highest BCUT2D eigenvalue weighted by atomic mass is 35.5. The molecule has 1 fully saturated rings. The highest BCUT2D eigenvalue weighted by molar-refractivity contribution is 6.35. The molecule has 3 aromatic rings. The lowest BCUT2D eigenvalue weighted by atomic mass is 9.89. The van der Waals surface area contributed by atoms with Crippen LogP contribution in [0.1, 0.15) is 40.2 Å². The molecule has 0 unspecified atom stereocenters. The fourth-order valence-electron chi connectivity index (χ4n) is 4.37. The Balaban J connectivity index is 1.61. The van der Waals surface area contributed by atoms with E-state index in [4.69, 9.17) is 33.0 Å². The van der Waals surface area contributed by atoms with Gasteiger partial charge in [-0.1, -0.05) is 35.3 Å². The number of nitrogens with zero attached hydrogens (tertiary/aromatic N) is 3. The number of carbonyl (C=O) groups excluding carboxylic acids is 1. The van der Waals surface area contributed by atoms with Gasteiger partial charge in [0.15, 0.2) is 5.69 Å². The number of rotatable bonds is 4. The Kier molecular flexibility index (Phi) is 6.70. The van der Waals surface area contributed by atoms with Crippen molar-refractivity contribution in [1.29, 1.82) is 0 Å². The van der Waals surface area contributed by atoms with Gasteiger partial charge in [0, 0.05) is 23.7 Å². The molecule has 0 atom stereocenters. The zero-order chi connectivity index (χ0) is 23.7. The molecule has 1 amide bonds. The van der Waals surface area contributed by atoms with E-state index in [9.17, 15) is 9.18 Å². The highest BCUT2D eigenvalue weighted by Crippen LogP contribution is 2.37. The third-order valence-corrected chi connectivity index (χ3v) is 6.53. The molecule has 0 spiro atoms. The SMILES string of the molecule is O=C(NN1CCOCC1)c1nn(-c2ccc(Cl)cc2Cl)c2c1CCCC2=Cc1ccc(F)cc1. The number of carbonyl (C=O) groups is 1. The number of hydrogen-bond donors (Lipinski definition) is 1. The summed E-state index contributed by atoms with van der Waals surface area (Å²) in [4.78, 5) is 13.3. The molecule has 1 aromatic heterocycles. The molecule has 0 radical (unpaired) electrons. The van der Waals surface area contributed by atoms with E-state index in [-0.39, 0.29) is 11.7 Å². The number of nitrogens with one attached hydrogen (secondary N) is 1. The van der Waals surface area contributed by atoms with Gasteiger partial charge < -0.3 is 4.74 Å². The molecule has 176 valence electrons. The summed E-state index contributed by atoms with van der Waals surface area (Å²) >= 11 is 12.7. The number of halogens is 3. The van der Waals surface area contributed by atoms with Crippen LogP contribution >= 0.6 is 23.2 Å². The van der Waals surface area contributed by atoms with Crippen LogP contribution in [0.4, 0.5) is 4.39 Å². The van der Waals surface area contributed by atoms with Crippen molar-refractivity contribution in [3.8, 4) is 5.69 Å². The van der Waals surface area contributed by atoms with Crippen LogP contribution in [0.15, 0.2) is 42.5 Å². The molecule has 6 nitrogen and oxygen atoms in total. The van der Waals surface area contributed by atoms with E-state index >= 15 is 0 Å². The lowest BCUT2D eigenvalue weighted by Gasteiger charge is -2.26. The van der Waals surface area contributed by atoms with E-state index in [1.165, 1.54) is 12.1 Å². The van der Waals surface area contributed by atoms with Crippen LogP contribution < -0.4 is 5.43 Å². The average Bonchev–Trinajstić information content (AvgIpc) is 3.22. The lowest BCUT2D eigenvalue weighted by Crippen LogP contribution is -2.48. The van der Waals surface area contributed by atoms with Gasteiger partial charge in [-0.3, -0.25) is 10.2 Å². The molecule has 0 saturated carbocycles. The lowest BCUT2D eigenvalue weighted by molar-refractivity contribution is 0.0124. The summed E-state index contributed by atoms with van der Waals surface area (Å²) in [7, 11) is 0. The van der Waals surface area contributed by atoms with Gasteiger partial charge in [0.1, 0.15) is 5.82 Å². The number of allylic oxidation sites excluding steroid dienone is 1. The van der Waals surface area contributed by atoms with Gasteiger partial charge in [0.2, 0.25) is 0 Å². The molecule has 34 heavy (non-hydrogen) atoms. The molecule has 2 aliphatic rings. The Labute approximate surface area is 206 Å². The summed E-state index contributed by atoms with van der Waals surface area (Å²) in [5, 5.41) is 7.54. The smallest absolute Gasteiger partial charge is 0.286 e. The molecular formula is C25H23Cl2FN4O2. The number of fused-ring (bicyclic) bond motifs is 1. The molecular weight excluding hydrogens is 478 g/mol.